The molecule has 0 bridgehead atoms. The molecule has 5 nitrogen and oxygen atoms in total. The number of nitrogens with zero attached hydrogens (tertiary/aromatic N) is 1. The number of ether oxygens (including phenoxy) is 1. The molecule has 0 spiro atoms. The molecule has 2 aromatic rings. The van der Waals surface area contributed by atoms with Crippen molar-refractivity contribution in [3.8, 4) is 5.75 Å². The van der Waals surface area contributed by atoms with Gasteiger partial charge in [-0.25, -0.2) is 0 Å². The maximum atomic E-state index is 13.0. The lowest BCUT2D eigenvalue weighted by molar-refractivity contribution is -0.124. The maximum Gasteiger partial charge on any atom is 0.253 e. The van der Waals surface area contributed by atoms with Gasteiger partial charge in [-0.05, 0) is 43.2 Å². The zero-order valence-corrected chi connectivity index (χ0v) is 17.5. The number of aryl methyl sites for hydroxylation is 1. The lowest BCUT2D eigenvalue weighted by atomic mass is 9.88. The Hall–Kier alpha value is -2.82. The van der Waals surface area contributed by atoms with Crippen LogP contribution < -0.4 is 10.1 Å². The number of carbonyl (C=O) groups is 2. The molecule has 1 aliphatic heterocycles. The Labute approximate surface area is 173 Å². The van der Waals surface area contributed by atoms with Crippen LogP contribution in [0.15, 0.2) is 48.5 Å². The number of methoxy groups -OCH3 is 1. The summed E-state index contributed by atoms with van der Waals surface area (Å²) in [5.41, 5.74) is 2.84. The fourth-order valence-electron chi connectivity index (χ4n) is 3.82. The Morgan fingerprint density at radius 2 is 1.76 bits per heavy atom. The third-order valence-electron chi connectivity index (χ3n) is 5.62. The first-order valence-corrected chi connectivity index (χ1v) is 10.3. The monoisotopic (exact) mass is 394 g/mol. The van der Waals surface area contributed by atoms with Crippen LogP contribution in [-0.2, 0) is 4.79 Å². The van der Waals surface area contributed by atoms with Crippen molar-refractivity contribution in [1.82, 2.24) is 10.2 Å². The van der Waals surface area contributed by atoms with Crippen LogP contribution in [0.3, 0.4) is 0 Å². The van der Waals surface area contributed by atoms with Gasteiger partial charge < -0.3 is 15.0 Å². The van der Waals surface area contributed by atoms with Gasteiger partial charge in [0.15, 0.2) is 0 Å². The quantitative estimate of drug-likeness (QED) is 0.727. The van der Waals surface area contributed by atoms with Crippen LogP contribution in [0.25, 0.3) is 0 Å². The molecule has 2 amide bonds. The summed E-state index contributed by atoms with van der Waals surface area (Å²) in [6.45, 7) is 5.74. The van der Waals surface area contributed by atoms with Gasteiger partial charge in [0.25, 0.3) is 5.91 Å². The lowest BCUT2D eigenvalue weighted by Crippen LogP contribution is -2.36. The molecule has 2 aromatic carbocycles. The average molecular weight is 395 g/mol. The summed E-state index contributed by atoms with van der Waals surface area (Å²) in [5.74, 6) is 0.501. The average Bonchev–Trinajstić information content (AvgIpc) is 3.19. The Bertz CT molecular complexity index is 830. The molecule has 0 saturated carbocycles. The number of hydrogen-bond donors (Lipinski definition) is 1. The second-order valence-electron chi connectivity index (χ2n) is 7.71. The van der Waals surface area contributed by atoms with Crippen molar-refractivity contribution in [2.45, 2.75) is 32.6 Å². The summed E-state index contributed by atoms with van der Waals surface area (Å²) in [6, 6.07) is 15.4. The van der Waals surface area contributed by atoms with Crippen LogP contribution >= 0.6 is 0 Å². The van der Waals surface area contributed by atoms with Crippen LogP contribution in [0.4, 0.5) is 0 Å². The van der Waals surface area contributed by atoms with E-state index >= 15 is 0 Å². The smallest absolute Gasteiger partial charge is 0.253 e. The topological polar surface area (TPSA) is 58.6 Å². The molecule has 1 fully saturated rings. The SMILES string of the molecule is CCCCNC(=O)C1CN(C(=O)c2ccc(C)cc2)CC1c1ccc(OC)cc1. The summed E-state index contributed by atoms with van der Waals surface area (Å²) in [4.78, 5) is 27.7. The summed E-state index contributed by atoms with van der Waals surface area (Å²) >= 11 is 0. The highest BCUT2D eigenvalue weighted by atomic mass is 16.5. The zero-order chi connectivity index (χ0) is 20.8. The number of rotatable bonds is 7. The van der Waals surface area contributed by atoms with Gasteiger partial charge in [-0.2, -0.15) is 0 Å². The van der Waals surface area contributed by atoms with Crippen molar-refractivity contribution in [3.05, 3.63) is 65.2 Å². The highest BCUT2D eigenvalue weighted by Gasteiger charge is 2.40. The highest BCUT2D eigenvalue weighted by molar-refractivity contribution is 5.95. The Morgan fingerprint density at radius 1 is 1.07 bits per heavy atom. The van der Waals surface area contributed by atoms with E-state index in [0.717, 1.165) is 29.7 Å². The number of hydrogen-bond acceptors (Lipinski definition) is 3. The van der Waals surface area contributed by atoms with Gasteiger partial charge in [0, 0.05) is 31.1 Å². The standard InChI is InChI=1S/C24H30N2O3/c1-4-5-14-25-23(27)22-16-26(24(28)19-8-6-17(2)7-9-19)15-21(22)18-10-12-20(29-3)13-11-18/h6-13,21-22H,4-5,14-16H2,1-3H3,(H,25,27). The van der Waals surface area contributed by atoms with Gasteiger partial charge in [-0.3, -0.25) is 9.59 Å². The van der Waals surface area contributed by atoms with Crippen LogP contribution in [0, 0.1) is 12.8 Å². The molecule has 0 aromatic heterocycles. The van der Waals surface area contributed by atoms with Crippen molar-refractivity contribution >= 4 is 11.8 Å². The van der Waals surface area contributed by atoms with E-state index in [1.807, 2.05) is 60.4 Å². The third kappa shape index (κ3) is 4.97. The minimum absolute atomic E-state index is 0.0210. The van der Waals surface area contributed by atoms with Crippen LogP contribution in [0.2, 0.25) is 0 Å². The summed E-state index contributed by atoms with van der Waals surface area (Å²) in [5, 5.41) is 3.05. The zero-order valence-electron chi connectivity index (χ0n) is 17.5. The fourth-order valence-corrected chi connectivity index (χ4v) is 3.82. The first kappa shape index (κ1) is 20.9. The molecule has 0 aliphatic carbocycles. The minimum Gasteiger partial charge on any atom is -0.497 e. The normalized spacial score (nSPS) is 18.5. The van der Waals surface area contributed by atoms with E-state index < -0.39 is 0 Å². The van der Waals surface area contributed by atoms with E-state index in [-0.39, 0.29) is 23.7 Å². The minimum atomic E-state index is -0.255. The van der Waals surface area contributed by atoms with Crippen LogP contribution in [0.1, 0.15) is 47.2 Å². The number of unbranched alkanes of at least 4 members (excludes halogenated alkanes) is 1. The summed E-state index contributed by atoms with van der Waals surface area (Å²) in [6.07, 6.45) is 1.99. The van der Waals surface area contributed by atoms with E-state index in [9.17, 15) is 9.59 Å². The fraction of sp³-hybridized carbons (Fsp3) is 0.417. The Balaban J connectivity index is 1.81. The van der Waals surface area contributed by atoms with E-state index in [2.05, 4.69) is 12.2 Å². The van der Waals surface area contributed by atoms with E-state index in [1.54, 1.807) is 7.11 Å². The van der Waals surface area contributed by atoms with E-state index in [0.29, 0.717) is 25.2 Å². The molecule has 2 unspecified atom stereocenters. The van der Waals surface area contributed by atoms with Gasteiger partial charge in [-0.1, -0.05) is 43.2 Å². The summed E-state index contributed by atoms with van der Waals surface area (Å²) < 4.78 is 5.25. The first-order chi connectivity index (χ1) is 14.0. The number of benzene rings is 2. The number of carbonyl (C=O) groups excluding carboxylic acids is 2. The number of amides is 2. The molecular weight excluding hydrogens is 364 g/mol. The van der Waals surface area contributed by atoms with Crippen molar-refractivity contribution in [2.75, 3.05) is 26.7 Å². The predicted molar refractivity (Wildman–Crippen MR) is 114 cm³/mol. The molecular formula is C24H30N2O3. The Morgan fingerprint density at radius 3 is 2.38 bits per heavy atom. The van der Waals surface area contributed by atoms with Gasteiger partial charge >= 0.3 is 0 Å². The van der Waals surface area contributed by atoms with Gasteiger partial charge in [0.05, 0.1) is 13.0 Å². The molecule has 3 rings (SSSR count). The van der Waals surface area contributed by atoms with E-state index in [4.69, 9.17) is 4.74 Å². The molecule has 1 aliphatic rings. The molecule has 154 valence electrons. The third-order valence-corrected chi connectivity index (χ3v) is 5.62. The Kier molecular flexibility index (Phi) is 6.91. The highest BCUT2D eigenvalue weighted by Crippen LogP contribution is 2.34. The van der Waals surface area contributed by atoms with E-state index in [1.165, 1.54) is 0 Å². The van der Waals surface area contributed by atoms with Crippen LogP contribution in [0.5, 0.6) is 5.75 Å². The van der Waals surface area contributed by atoms with Crippen LogP contribution in [-0.4, -0.2) is 43.5 Å². The molecule has 2 atom stereocenters. The maximum absolute atomic E-state index is 13.0. The summed E-state index contributed by atoms with van der Waals surface area (Å²) in [7, 11) is 1.64. The number of nitrogens with one attached hydrogen (secondary N) is 1. The molecule has 1 saturated heterocycles. The number of likely N-dealkylation sites (tertiary alicyclic amines) is 1. The molecule has 1 N–H and O–H groups in total. The molecule has 0 radical (unpaired) electrons. The largest absolute Gasteiger partial charge is 0.497 e. The van der Waals surface area contributed by atoms with Crippen molar-refractivity contribution < 1.29 is 14.3 Å². The molecule has 29 heavy (non-hydrogen) atoms. The molecule has 1 heterocycles. The molecule has 5 heteroatoms. The second-order valence-corrected chi connectivity index (χ2v) is 7.71. The van der Waals surface area contributed by atoms with Crippen molar-refractivity contribution in [2.24, 2.45) is 5.92 Å². The second kappa shape index (κ2) is 9.59. The lowest BCUT2D eigenvalue weighted by Gasteiger charge is -2.18. The van der Waals surface area contributed by atoms with Gasteiger partial charge in [0.2, 0.25) is 5.91 Å². The van der Waals surface area contributed by atoms with Gasteiger partial charge in [-0.15, -0.1) is 0 Å². The van der Waals surface area contributed by atoms with Gasteiger partial charge in [0.1, 0.15) is 5.75 Å². The van der Waals surface area contributed by atoms with Crippen molar-refractivity contribution in [1.29, 1.82) is 0 Å². The predicted octanol–water partition coefficient (Wildman–Crippen LogP) is 3.78. The van der Waals surface area contributed by atoms with Crippen molar-refractivity contribution in [3.63, 3.8) is 0 Å². The first-order valence-electron chi connectivity index (χ1n) is 10.3.